The maximum atomic E-state index is 13.0. The largest absolute Gasteiger partial charge is 0.493 e. The Morgan fingerprint density at radius 3 is 2.67 bits per heavy atom. The van der Waals surface area contributed by atoms with Crippen LogP contribution in [0.3, 0.4) is 0 Å². The number of para-hydroxylation sites is 1. The van der Waals surface area contributed by atoms with Gasteiger partial charge in [-0.15, -0.1) is 0 Å². The minimum Gasteiger partial charge on any atom is -0.493 e. The summed E-state index contributed by atoms with van der Waals surface area (Å²) >= 11 is 1.25. The number of ether oxygens (including phenoxy) is 3. The van der Waals surface area contributed by atoms with E-state index >= 15 is 0 Å². The lowest BCUT2D eigenvalue weighted by Gasteiger charge is -2.13. The predicted octanol–water partition coefficient (Wildman–Crippen LogP) is 3.25. The number of hydrogen-bond acceptors (Lipinski definition) is 7. The number of methoxy groups -OCH3 is 2. The highest BCUT2D eigenvalue weighted by Gasteiger charge is 2.13. The number of carbonyl (C=O) groups excluding carboxylic acids is 1. The van der Waals surface area contributed by atoms with Gasteiger partial charge in [-0.2, -0.15) is 0 Å². The summed E-state index contributed by atoms with van der Waals surface area (Å²) in [6.07, 6.45) is 0.687. The number of aromatic nitrogens is 2. The van der Waals surface area contributed by atoms with Crippen molar-refractivity contribution in [1.29, 1.82) is 0 Å². The minimum atomic E-state index is -0.155. The normalized spacial score (nSPS) is 10.9. The Bertz CT molecular complexity index is 1150. The van der Waals surface area contributed by atoms with E-state index in [1.54, 1.807) is 30.9 Å². The number of thioether (sulfide) groups is 1. The summed E-state index contributed by atoms with van der Waals surface area (Å²) in [5, 5.41) is 3.99. The molecule has 0 atom stereocenters. The van der Waals surface area contributed by atoms with E-state index in [4.69, 9.17) is 14.2 Å². The molecule has 0 aliphatic heterocycles. The lowest BCUT2D eigenvalue weighted by atomic mass is 10.2. The molecule has 0 aliphatic carbocycles. The molecule has 2 aromatic carbocycles. The zero-order valence-electron chi connectivity index (χ0n) is 19.1. The molecule has 9 heteroatoms. The van der Waals surface area contributed by atoms with Crippen molar-refractivity contribution in [3.05, 3.63) is 58.4 Å². The fourth-order valence-electron chi connectivity index (χ4n) is 3.30. The number of rotatable bonds is 12. The summed E-state index contributed by atoms with van der Waals surface area (Å²) in [5.74, 6) is 1.23. The van der Waals surface area contributed by atoms with Gasteiger partial charge < -0.3 is 19.5 Å². The van der Waals surface area contributed by atoms with Crippen LogP contribution in [0.2, 0.25) is 0 Å². The molecular formula is C24H29N3O5S. The molecule has 0 bridgehead atoms. The summed E-state index contributed by atoms with van der Waals surface area (Å²) < 4.78 is 17.6. The number of fused-ring (bicyclic) bond motifs is 1. The third-order valence-electron chi connectivity index (χ3n) is 4.97. The van der Waals surface area contributed by atoms with Crippen LogP contribution in [0.4, 0.5) is 0 Å². The van der Waals surface area contributed by atoms with Gasteiger partial charge in [0.2, 0.25) is 5.91 Å². The maximum Gasteiger partial charge on any atom is 0.262 e. The van der Waals surface area contributed by atoms with Gasteiger partial charge in [-0.05, 0) is 43.2 Å². The minimum absolute atomic E-state index is 0.106. The number of nitrogens with one attached hydrogen (secondary N) is 1. The molecule has 3 aromatic rings. The molecule has 1 amide bonds. The van der Waals surface area contributed by atoms with Gasteiger partial charge in [-0.1, -0.05) is 30.0 Å². The molecule has 8 nitrogen and oxygen atoms in total. The molecule has 0 spiro atoms. The Balaban J connectivity index is 1.68. The Morgan fingerprint density at radius 2 is 1.91 bits per heavy atom. The Hall–Kier alpha value is -3.04. The van der Waals surface area contributed by atoms with E-state index in [2.05, 4.69) is 10.3 Å². The van der Waals surface area contributed by atoms with E-state index in [-0.39, 0.29) is 17.2 Å². The van der Waals surface area contributed by atoms with E-state index in [0.29, 0.717) is 60.3 Å². The topological polar surface area (TPSA) is 91.7 Å². The first-order valence-corrected chi connectivity index (χ1v) is 11.7. The van der Waals surface area contributed by atoms with Gasteiger partial charge in [-0.3, -0.25) is 14.2 Å². The summed E-state index contributed by atoms with van der Waals surface area (Å²) in [6.45, 7) is 3.96. The van der Waals surface area contributed by atoms with E-state index in [9.17, 15) is 9.59 Å². The average molecular weight is 472 g/mol. The van der Waals surface area contributed by atoms with Gasteiger partial charge in [0.1, 0.15) is 0 Å². The lowest BCUT2D eigenvalue weighted by Crippen LogP contribution is -2.27. The third-order valence-corrected chi connectivity index (χ3v) is 5.95. The molecule has 1 heterocycles. The number of hydrogen-bond donors (Lipinski definition) is 1. The number of carbonyl (C=O) groups is 1. The summed E-state index contributed by atoms with van der Waals surface area (Å²) in [5.41, 5.74) is 1.41. The van der Waals surface area contributed by atoms with Crippen LogP contribution in [-0.2, 0) is 22.6 Å². The van der Waals surface area contributed by atoms with Crippen molar-refractivity contribution in [1.82, 2.24) is 14.9 Å². The molecule has 1 N–H and O–H groups in total. The first-order chi connectivity index (χ1) is 16.1. The van der Waals surface area contributed by atoms with Crippen molar-refractivity contribution >= 4 is 28.6 Å². The van der Waals surface area contributed by atoms with Crippen molar-refractivity contribution in [2.45, 2.75) is 31.6 Å². The zero-order chi connectivity index (χ0) is 23.6. The highest BCUT2D eigenvalue weighted by Crippen LogP contribution is 2.27. The Labute approximate surface area is 197 Å². The van der Waals surface area contributed by atoms with Gasteiger partial charge in [-0.25, -0.2) is 4.98 Å². The first kappa shape index (κ1) is 24.6. The van der Waals surface area contributed by atoms with E-state index < -0.39 is 0 Å². The van der Waals surface area contributed by atoms with Crippen molar-refractivity contribution in [2.24, 2.45) is 0 Å². The molecule has 33 heavy (non-hydrogen) atoms. The van der Waals surface area contributed by atoms with Crippen molar-refractivity contribution in [3.63, 3.8) is 0 Å². The van der Waals surface area contributed by atoms with Crippen LogP contribution in [0.1, 0.15) is 18.9 Å². The fraction of sp³-hybridized carbons (Fsp3) is 0.375. The SMILES string of the molecule is CCOCCCn1c(SCC(=O)NCc2ccc(OC)c(OC)c2)nc2ccccc2c1=O. The highest BCUT2D eigenvalue weighted by molar-refractivity contribution is 7.99. The summed E-state index contributed by atoms with van der Waals surface area (Å²) in [6, 6.07) is 12.7. The van der Waals surface area contributed by atoms with Crippen LogP contribution >= 0.6 is 11.8 Å². The molecule has 0 aliphatic rings. The monoisotopic (exact) mass is 471 g/mol. The van der Waals surface area contributed by atoms with Gasteiger partial charge in [0.25, 0.3) is 5.56 Å². The zero-order valence-corrected chi connectivity index (χ0v) is 19.9. The standard InChI is InChI=1S/C24H29N3O5S/c1-4-32-13-7-12-27-23(29)18-8-5-6-9-19(18)26-24(27)33-16-22(28)25-15-17-10-11-20(30-2)21(14-17)31-3/h5-6,8-11,14H,4,7,12-13,15-16H2,1-3H3,(H,25,28). The lowest BCUT2D eigenvalue weighted by molar-refractivity contribution is -0.118. The maximum absolute atomic E-state index is 13.0. The predicted molar refractivity (Wildman–Crippen MR) is 129 cm³/mol. The quantitative estimate of drug-likeness (QED) is 0.246. The van der Waals surface area contributed by atoms with Crippen LogP contribution in [0.25, 0.3) is 10.9 Å². The molecule has 176 valence electrons. The Morgan fingerprint density at radius 1 is 1.12 bits per heavy atom. The number of amides is 1. The highest BCUT2D eigenvalue weighted by atomic mass is 32.2. The van der Waals surface area contributed by atoms with Crippen LogP contribution < -0.4 is 20.3 Å². The average Bonchev–Trinajstić information content (AvgIpc) is 2.85. The van der Waals surface area contributed by atoms with Crippen LogP contribution in [-0.4, -0.2) is 48.6 Å². The summed E-state index contributed by atoms with van der Waals surface area (Å²) in [7, 11) is 3.15. The number of benzene rings is 2. The number of nitrogens with zero attached hydrogens (tertiary/aromatic N) is 2. The van der Waals surface area contributed by atoms with E-state index in [0.717, 1.165) is 5.56 Å². The van der Waals surface area contributed by atoms with Gasteiger partial charge in [0.15, 0.2) is 16.7 Å². The van der Waals surface area contributed by atoms with Crippen molar-refractivity contribution < 1.29 is 19.0 Å². The first-order valence-electron chi connectivity index (χ1n) is 10.7. The van der Waals surface area contributed by atoms with Crippen LogP contribution in [0.5, 0.6) is 11.5 Å². The van der Waals surface area contributed by atoms with Crippen molar-refractivity contribution in [3.8, 4) is 11.5 Å². The Kier molecular flexibility index (Phi) is 9.14. The molecule has 0 fully saturated rings. The summed E-state index contributed by atoms with van der Waals surface area (Å²) in [4.78, 5) is 30.2. The van der Waals surface area contributed by atoms with E-state index in [1.165, 1.54) is 11.8 Å². The fourth-order valence-corrected chi connectivity index (χ4v) is 4.15. The molecule has 3 rings (SSSR count). The van der Waals surface area contributed by atoms with Gasteiger partial charge >= 0.3 is 0 Å². The van der Waals surface area contributed by atoms with Crippen molar-refractivity contribution in [2.75, 3.05) is 33.2 Å². The van der Waals surface area contributed by atoms with Crippen LogP contribution in [0.15, 0.2) is 52.4 Å². The second-order valence-electron chi connectivity index (χ2n) is 7.17. The second-order valence-corrected chi connectivity index (χ2v) is 8.12. The molecule has 0 saturated heterocycles. The van der Waals surface area contributed by atoms with Crippen LogP contribution in [0, 0.1) is 0 Å². The molecule has 0 saturated carbocycles. The van der Waals surface area contributed by atoms with E-state index in [1.807, 2.05) is 37.3 Å². The molecule has 1 aromatic heterocycles. The second kappa shape index (κ2) is 12.3. The molecular weight excluding hydrogens is 442 g/mol. The smallest absolute Gasteiger partial charge is 0.262 e. The molecule has 0 unspecified atom stereocenters. The third kappa shape index (κ3) is 6.49. The molecule has 0 radical (unpaired) electrons. The van der Waals surface area contributed by atoms with Gasteiger partial charge in [0.05, 0.1) is 30.9 Å². The van der Waals surface area contributed by atoms with Gasteiger partial charge in [0, 0.05) is 26.3 Å².